The smallest absolute Gasteiger partial charge is 0.306 e. The van der Waals surface area contributed by atoms with Gasteiger partial charge in [0.15, 0.2) is 0 Å². The number of aliphatic hydroxyl groups is 1. The van der Waals surface area contributed by atoms with Crippen LogP contribution in [0.4, 0.5) is 0 Å². The molecule has 1 aliphatic heterocycles. The average molecular weight is 324 g/mol. The summed E-state index contributed by atoms with van der Waals surface area (Å²) in [6.45, 7) is 3.85. The molecule has 1 unspecified atom stereocenters. The van der Waals surface area contributed by atoms with E-state index in [2.05, 4.69) is 13.0 Å². The molecule has 0 bridgehead atoms. The average Bonchev–Trinajstić information content (AvgIpc) is 3.27. The molecule has 0 aromatic rings. The van der Waals surface area contributed by atoms with Gasteiger partial charge in [0.05, 0.1) is 18.1 Å². The van der Waals surface area contributed by atoms with Crippen LogP contribution in [0.5, 0.6) is 0 Å². The van der Waals surface area contributed by atoms with Crippen LogP contribution in [-0.2, 0) is 9.53 Å². The zero-order valence-corrected chi connectivity index (χ0v) is 14.5. The number of carbonyl (C=O) groups is 1. The Balaban J connectivity index is 1.98. The predicted octanol–water partition coefficient (Wildman–Crippen LogP) is 4.09. The van der Waals surface area contributed by atoms with E-state index in [4.69, 9.17) is 9.84 Å². The lowest BCUT2D eigenvalue weighted by Gasteiger charge is -2.05. The van der Waals surface area contributed by atoms with Crippen molar-refractivity contribution >= 4 is 5.97 Å². The summed E-state index contributed by atoms with van der Waals surface area (Å²) in [6, 6.07) is 0. The van der Waals surface area contributed by atoms with Gasteiger partial charge in [-0.1, -0.05) is 63.8 Å². The van der Waals surface area contributed by atoms with Gasteiger partial charge in [-0.05, 0) is 25.7 Å². The highest BCUT2D eigenvalue weighted by molar-refractivity contribution is 5.69. The fraction of sp³-hybridized carbons (Fsp3) is 0.737. The van der Waals surface area contributed by atoms with Gasteiger partial charge in [0, 0.05) is 0 Å². The van der Waals surface area contributed by atoms with Gasteiger partial charge >= 0.3 is 5.97 Å². The first-order valence-electron chi connectivity index (χ1n) is 8.94. The highest BCUT2D eigenvalue weighted by Gasteiger charge is 2.35. The van der Waals surface area contributed by atoms with Gasteiger partial charge in [-0.2, -0.15) is 0 Å². The molecule has 0 aromatic carbocycles. The molecule has 2 N–H and O–H groups in total. The number of epoxide rings is 1. The molecule has 0 aliphatic carbocycles. The molecule has 1 rings (SSSR count). The number of allylic oxidation sites excluding steroid dienone is 1. The topological polar surface area (TPSA) is 70.1 Å². The third kappa shape index (κ3) is 9.57. The Kier molecular flexibility index (Phi) is 9.88. The molecule has 1 fully saturated rings. The fourth-order valence-corrected chi connectivity index (χ4v) is 2.55. The first-order valence-corrected chi connectivity index (χ1v) is 8.94. The van der Waals surface area contributed by atoms with Gasteiger partial charge in [0.2, 0.25) is 0 Å². The van der Waals surface area contributed by atoms with Crippen LogP contribution in [0.1, 0.15) is 65.2 Å². The van der Waals surface area contributed by atoms with E-state index in [0.29, 0.717) is 12.5 Å². The quantitative estimate of drug-likeness (QED) is 0.304. The maximum absolute atomic E-state index is 10.7. The zero-order chi connectivity index (χ0) is 17.1. The first kappa shape index (κ1) is 19.9. The van der Waals surface area contributed by atoms with Crippen LogP contribution in [0.25, 0.3) is 0 Å². The predicted molar refractivity (Wildman–Crippen MR) is 92.4 cm³/mol. The van der Waals surface area contributed by atoms with Gasteiger partial charge in [-0.25, -0.2) is 0 Å². The number of hydrogen-bond acceptors (Lipinski definition) is 3. The normalized spacial score (nSPS) is 23.4. The number of rotatable bonds is 13. The number of hydrogen-bond donors (Lipinski definition) is 2. The highest BCUT2D eigenvalue weighted by atomic mass is 16.6. The van der Waals surface area contributed by atoms with Crippen molar-refractivity contribution in [1.29, 1.82) is 0 Å². The van der Waals surface area contributed by atoms with Gasteiger partial charge in [-0.15, -0.1) is 0 Å². The van der Waals surface area contributed by atoms with Crippen molar-refractivity contribution in [2.75, 3.05) is 0 Å². The molecule has 1 saturated heterocycles. The Morgan fingerprint density at radius 2 is 1.96 bits per heavy atom. The van der Waals surface area contributed by atoms with Crippen LogP contribution in [0, 0.1) is 5.92 Å². The van der Waals surface area contributed by atoms with E-state index >= 15 is 0 Å². The van der Waals surface area contributed by atoms with Crippen molar-refractivity contribution < 1.29 is 19.7 Å². The standard InChI is InChI=1S/C19H32O4/c1-3-4-7-11-16(20)13-14-18-17(23-18)12-9-6-5-8-10-15(2)19(21)22/h4,7,13-18,20H,3,5-6,8-12H2,1-2H3,(H,21,22)/t15?,16-,17-,18+/m0/s1. The molecule has 4 atom stereocenters. The third-order valence-electron chi connectivity index (χ3n) is 4.22. The molecular formula is C19H32O4. The Labute approximate surface area is 140 Å². The van der Waals surface area contributed by atoms with Crippen molar-refractivity contribution in [3.63, 3.8) is 0 Å². The summed E-state index contributed by atoms with van der Waals surface area (Å²) < 4.78 is 5.58. The summed E-state index contributed by atoms with van der Waals surface area (Å²) in [6.07, 6.45) is 15.8. The monoisotopic (exact) mass is 324 g/mol. The number of ether oxygens (including phenoxy) is 1. The van der Waals surface area contributed by atoms with Gasteiger partial charge in [0.25, 0.3) is 0 Å². The number of unbranched alkanes of at least 4 members (excludes halogenated alkanes) is 3. The summed E-state index contributed by atoms with van der Waals surface area (Å²) in [4.78, 5) is 10.7. The second kappa shape index (κ2) is 11.4. The summed E-state index contributed by atoms with van der Waals surface area (Å²) in [7, 11) is 0. The second-order valence-corrected chi connectivity index (χ2v) is 6.44. The van der Waals surface area contributed by atoms with Crippen molar-refractivity contribution in [1.82, 2.24) is 0 Å². The largest absolute Gasteiger partial charge is 0.481 e. The number of carboxylic acid groups (broad SMARTS) is 1. The lowest BCUT2D eigenvalue weighted by Crippen LogP contribution is -2.08. The van der Waals surface area contributed by atoms with Gasteiger partial charge in [-0.3, -0.25) is 4.79 Å². The molecule has 0 amide bonds. The molecule has 1 aliphatic rings. The summed E-state index contributed by atoms with van der Waals surface area (Å²) in [5, 5.41) is 18.6. The van der Waals surface area contributed by atoms with Crippen LogP contribution in [0.3, 0.4) is 0 Å². The first-order chi connectivity index (χ1) is 11.0. The molecule has 0 spiro atoms. The van der Waals surface area contributed by atoms with Crippen LogP contribution < -0.4 is 0 Å². The fourth-order valence-electron chi connectivity index (χ4n) is 2.55. The third-order valence-corrected chi connectivity index (χ3v) is 4.22. The molecule has 132 valence electrons. The Morgan fingerprint density at radius 3 is 2.65 bits per heavy atom. The lowest BCUT2D eigenvalue weighted by atomic mass is 10.0. The van der Waals surface area contributed by atoms with E-state index in [9.17, 15) is 9.90 Å². The molecule has 4 heteroatoms. The van der Waals surface area contributed by atoms with E-state index < -0.39 is 12.1 Å². The van der Waals surface area contributed by atoms with Crippen LogP contribution >= 0.6 is 0 Å². The van der Waals surface area contributed by atoms with E-state index in [0.717, 1.165) is 44.9 Å². The van der Waals surface area contributed by atoms with Crippen LogP contribution in [-0.4, -0.2) is 34.5 Å². The molecule has 0 saturated carbocycles. The summed E-state index contributed by atoms with van der Waals surface area (Å²) >= 11 is 0. The van der Waals surface area contributed by atoms with Crippen LogP contribution in [0.2, 0.25) is 0 Å². The van der Waals surface area contributed by atoms with Crippen LogP contribution in [0.15, 0.2) is 24.3 Å². The van der Waals surface area contributed by atoms with Crippen molar-refractivity contribution in [3.05, 3.63) is 24.3 Å². The second-order valence-electron chi connectivity index (χ2n) is 6.44. The molecule has 23 heavy (non-hydrogen) atoms. The number of aliphatic carboxylic acids is 1. The minimum atomic E-state index is -0.696. The molecular weight excluding hydrogens is 292 g/mol. The minimum Gasteiger partial charge on any atom is -0.481 e. The summed E-state index contributed by atoms with van der Waals surface area (Å²) in [5.74, 6) is -0.923. The SMILES string of the molecule is CCC=CC[C@H](O)C=C[C@H]1O[C@H]1CCCCCCC(C)C(=O)O. The Morgan fingerprint density at radius 1 is 1.22 bits per heavy atom. The molecule has 4 nitrogen and oxygen atoms in total. The molecule has 1 heterocycles. The highest BCUT2D eigenvalue weighted by Crippen LogP contribution is 2.29. The van der Waals surface area contributed by atoms with E-state index in [-0.39, 0.29) is 12.0 Å². The summed E-state index contributed by atoms with van der Waals surface area (Å²) in [5.41, 5.74) is 0. The van der Waals surface area contributed by atoms with E-state index in [1.165, 1.54) is 0 Å². The van der Waals surface area contributed by atoms with Gasteiger partial charge in [0.1, 0.15) is 6.10 Å². The molecule has 0 radical (unpaired) electrons. The van der Waals surface area contributed by atoms with E-state index in [1.54, 1.807) is 6.92 Å². The lowest BCUT2D eigenvalue weighted by molar-refractivity contribution is -0.141. The number of carboxylic acids is 1. The Bertz CT molecular complexity index is 389. The Hall–Kier alpha value is -1.13. The van der Waals surface area contributed by atoms with Crippen molar-refractivity contribution in [2.24, 2.45) is 5.92 Å². The minimum absolute atomic E-state index is 0.173. The van der Waals surface area contributed by atoms with E-state index in [1.807, 2.05) is 18.2 Å². The maximum atomic E-state index is 10.7. The zero-order valence-electron chi connectivity index (χ0n) is 14.5. The maximum Gasteiger partial charge on any atom is 0.306 e. The van der Waals surface area contributed by atoms with Gasteiger partial charge < -0.3 is 14.9 Å². The van der Waals surface area contributed by atoms with Crippen molar-refractivity contribution in [2.45, 2.75) is 83.5 Å². The van der Waals surface area contributed by atoms with Crippen molar-refractivity contribution in [3.8, 4) is 0 Å². The molecule has 0 aromatic heterocycles. The number of aliphatic hydroxyl groups excluding tert-OH is 1.